The molecule has 0 bridgehead atoms. The second kappa shape index (κ2) is 7.04. The number of amides is 1. The quantitative estimate of drug-likeness (QED) is 0.777. The van der Waals surface area contributed by atoms with Crippen LogP contribution < -0.4 is 5.32 Å². The molecule has 1 unspecified atom stereocenters. The Hall–Kier alpha value is -0.320. The lowest BCUT2D eigenvalue weighted by Gasteiger charge is -2.33. The summed E-state index contributed by atoms with van der Waals surface area (Å²) >= 11 is 0. The first kappa shape index (κ1) is 14.7. The van der Waals surface area contributed by atoms with Crippen LogP contribution in [0.25, 0.3) is 0 Å². The number of halogens is 1. The maximum Gasteiger partial charge on any atom is 0.227 e. The molecule has 4 nitrogen and oxygen atoms in total. The van der Waals surface area contributed by atoms with Gasteiger partial charge in [0.1, 0.15) is 0 Å². The Morgan fingerprint density at radius 3 is 2.87 bits per heavy atom. The average molecular weight is 237 g/mol. The molecular formula is C10H21ClN2O2. The molecule has 0 aromatic heterocycles. The van der Waals surface area contributed by atoms with Gasteiger partial charge in [-0.3, -0.25) is 4.79 Å². The van der Waals surface area contributed by atoms with Crippen molar-refractivity contribution in [1.82, 2.24) is 10.2 Å². The van der Waals surface area contributed by atoms with Gasteiger partial charge in [0.2, 0.25) is 5.91 Å². The molecular weight excluding hydrogens is 216 g/mol. The summed E-state index contributed by atoms with van der Waals surface area (Å²) in [5.41, 5.74) is 0. The molecule has 0 saturated carbocycles. The summed E-state index contributed by atoms with van der Waals surface area (Å²) in [6.45, 7) is 7.05. The van der Waals surface area contributed by atoms with Crippen molar-refractivity contribution in [2.45, 2.75) is 19.9 Å². The van der Waals surface area contributed by atoms with Crippen LogP contribution in [-0.4, -0.2) is 50.2 Å². The van der Waals surface area contributed by atoms with E-state index in [0.717, 1.165) is 19.6 Å². The molecule has 0 spiro atoms. The minimum absolute atomic E-state index is 0. The summed E-state index contributed by atoms with van der Waals surface area (Å²) in [4.78, 5) is 13.8. The van der Waals surface area contributed by atoms with E-state index in [1.807, 2.05) is 11.8 Å². The van der Waals surface area contributed by atoms with E-state index in [-0.39, 0.29) is 24.2 Å². The Bertz CT molecular complexity index is 202. The molecule has 1 heterocycles. The van der Waals surface area contributed by atoms with Gasteiger partial charge in [-0.05, 0) is 6.92 Å². The second-order valence-electron chi connectivity index (χ2n) is 4.00. The number of carbonyl (C=O) groups excluding carboxylic acids is 1. The first-order valence-electron chi connectivity index (χ1n) is 5.16. The monoisotopic (exact) mass is 236 g/mol. The first-order valence-corrected chi connectivity index (χ1v) is 5.16. The van der Waals surface area contributed by atoms with E-state index >= 15 is 0 Å². The number of piperazine rings is 1. The number of carbonyl (C=O) groups is 1. The van der Waals surface area contributed by atoms with Gasteiger partial charge in [0.25, 0.3) is 0 Å². The van der Waals surface area contributed by atoms with E-state index in [4.69, 9.17) is 4.74 Å². The Morgan fingerprint density at radius 2 is 2.33 bits per heavy atom. The highest BCUT2D eigenvalue weighted by Gasteiger charge is 2.24. The summed E-state index contributed by atoms with van der Waals surface area (Å²) in [6, 6.07) is 0.405. The molecule has 0 aliphatic carbocycles. The van der Waals surface area contributed by atoms with Crippen molar-refractivity contribution < 1.29 is 9.53 Å². The molecule has 90 valence electrons. The fraction of sp³-hybridized carbons (Fsp3) is 0.900. The van der Waals surface area contributed by atoms with Crippen molar-refractivity contribution in [3.05, 3.63) is 0 Å². The molecule has 1 N–H and O–H groups in total. The van der Waals surface area contributed by atoms with Gasteiger partial charge >= 0.3 is 0 Å². The summed E-state index contributed by atoms with van der Waals surface area (Å²) in [6.07, 6.45) is 0. The van der Waals surface area contributed by atoms with E-state index in [0.29, 0.717) is 12.6 Å². The molecule has 0 radical (unpaired) electrons. The third-order valence-electron chi connectivity index (χ3n) is 2.52. The highest BCUT2D eigenvalue weighted by molar-refractivity contribution is 5.85. The van der Waals surface area contributed by atoms with Gasteiger partial charge in [-0.2, -0.15) is 0 Å². The van der Waals surface area contributed by atoms with Crippen LogP contribution in [-0.2, 0) is 9.53 Å². The van der Waals surface area contributed by atoms with E-state index in [9.17, 15) is 4.79 Å². The molecule has 5 heteroatoms. The molecule has 1 amide bonds. The third kappa shape index (κ3) is 4.36. The number of nitrogens with zero attached hydrogens (tertiary/aromatic N) is 1. The van der Waals surface area contributed by atoms with Crippen LogP contribution in [0.2, 0.25) is 0 Å². The smallest absolute Gasteiger partial charge is 0.227 e. The van der Waals surface area contributed by atoms with Crippen molar-refractivity contribution in [2.75, 3.05) is 33.4 Å². The van der Waals surface area contributed by atoms with E-state index < -0.39 is 0 Å². The number of methoxy groups -OCH3 is 1. The van der Waals surface area contributed by atoms with E-state index in [1.54, 1.807) is 7.11 Å². The molecule has 1 aliphatic heterocycles. The summed E-state index contributed by atoms with van der Waals surface area (Å²) in [5, 5.41) is 3.31. The van der Waals surface area contributed by atoms with Crippen molar-refractivity contribution >= 4 is 18.3 Å². The van der Waals surface area contributed by atoms with Crippen molar-refractivity contribution in [3.63, 3.8) is 0 Å². The summed E-state index contributed by atoms with van der Waals surface area (Å²) in [5.74, 6) is 0.186. The maximum atomic E-state index is 11.9. The normalized spacial score (nSPS) is 23.1. The maximum absolute atomic E-state index is 11.9. The van der Waals surface area contributed by atoms with Crippen molar-refractivity contribution in [1.29, 1.82) is 0 Å². The molecule has 1 fully saturated rings. The number of rotatable bonds is 3. The van der Waals surface area contributed by atoms with Gasteiger partial charge in [0.15, 0.2) is 0 Å². The Morgan fingerprint density at radius 1 is 1.67 bits per heavy atom. The highest BCUT2D eigenvalue weighted by Crippen LogP contribution is 2.06. The number of hydrogen-bond donors (Lipinski definition) is 1. The second-order valence-corrected chi connectivity index (χ2v) is 4.00. The topological polar surface area (TPSA) is 41.6 Å². The minimum Gasteiger partial charge on any atom is -0.384 e. The molecule has 15 heavy (non-hydrogen) atoms. The molecule has 1 aliphatic rings. The molecule has 0 aromatic carbocycles. The van der Waals surface area contributed by atoms with Gasteiger partial charge in [-0.25, -0.2) is 0 Å². The first-order chi connectivity index (χ1) is 6.65. The predicted octanol–water partition coefficient (Wildman–Crippen LogP) is 0.511. The van der Waals surface area contributed by atoms with Gasteiger partial charge in [0.05, 0.1) is 12.5 Å². The third-order valence-corrected chi connectivity index (χ3v) is 2.52. The standard InChI is InChI=1S/C10H20N2O2.ClH/c1-8(7-14-3)10(13)12-5-4-11-9(2)6-12;/h8-9,11H,4-7H2,1-3H3;1H/t8?,9-;/m0./s1. The lowest BCUT2D eigenvalue weighted by Crippen LogP contribution is -2.52. The largest absolute Gasteiger partial charge is 0.384 e. The van der Waals surface area contributed by atoms with Gasteiger partial charge in [-0.15, -0.1) is 12.4 Å². The fourth-order valence-corrected chi connectivity index (χ4v) is 1.77. The Balaban J connectivity index is 0.00000196. The zero-order valence-electron chi connectivity index (χ0n) is 9.66. The summed E-state index contributed by atoms with van der Waals surface area (Å²) < 4.78 is 4.98. The van der Waals surface area contributed by atoms with Gasteiger partial charge < -0.3 is 15.0 Å². The molecule has 0 aromatic rings. The van der Waals surface area contributed by atoms with Crippen LogP contribution in [0.4, 0.5) is 0 Å². The van der Waals surface area contributed by atoms with Crippen LogP contribution in [0.3, 0.4) is 0 Å². The average Bonchev–Trinajstić information content (AvgIpc) is 2.17. The zero-order chi connectivity index (χ0) is 10.6. The van der Waals surface area contributed by atoms with Crippen LogP contribution >= 0.6 is 12.4 Å². The van der Waals surface area contributed by atoms with Crippen molar-refractivity contribution in [2.24, 2.45) is 5.92 Å². The Labute approximate surface area is 97.8 Å². The van der Waals surface area contributed by atoms with Gasteiger partial charge in [0, 0.05) is 32.8 Å². The minimum atomic E-state index is -0.0229. The van der Waals surface area contributed by atoms with Crippen LogP contribution in [0.15, 0.2) is 0 Å². The van der Waals surface area contributed by atoms with Crippen molar-refractivity contribution in [3.8, 4) is 0 Å². The zero-order valence-corrected chi connectivity index (χ0v) is 10.5. The van der Waals surface area contributed by atoms with Gasteiger partial charge in [-0.1, -0.05) is 6.92 Å². The predicted molar refractivity (Wildman–Crippen MR) is 62.3 cm³/mol. The van der Waals surface area contributed by atoms with Crippen LogP contribution in [0, 0.1) is 5.92 Å². The van der Waals surface area contributed by atoms with E-state index in [2.05, 4.69) is 12.2 Å². The lowest BCUT2D eigenvalue weighted by atomic mass is 10.1. The SMILES string of the molecule is COCC(C)C(=O)N1CCN[C@@H](C)C1.Cl. The fourth-order valence-electron chi connectivity index (χ4n) is 1.77. The Kier molecular flexibility index (Phi) is 6.89. The van der Waals surface area contributed by atoms with Crippen LogP contribution in [0.1, 0.15) is 13.8 Å². The van der Waals surface area contributed by atoms with E-state index in [1.165, 1.54) is 0 Å². The summed E-state index contributed by atoms with van der Waals surface area (Å²) in [7, 11) is 1.63. The van der Waals surface area contributed by atoms with Crippen LogP contribution in [0.5, 0.6) is 0 Å². The number of nitrogens with one attached hydrogen (secondary N) is 1. The molecule has 2 atom stereocenters. The molecule has 1 saturated heterocycles. The lowest BCUT2D eigenvalue weighted by molar-refractivity contribution is -0.137. The molecule has 1 rings (SSSR count). The number of hydrogen-bond acceptors (Lipinski definition) is 3. The highest BCUT2D eigenvalue weighted by atomic mass is 35.5. The number of ether oxygens (including phenoxy) is 1.